The maximum absolute atomic E-state index is 12.4. The third-order valence-corrected chi connectivity index (χ3v) is 4.51. The zero-order valence-corrected chi connectivity index (χ0v) is 14.7. The zero-order valence-electron chi connectivity index (χ0n) is 14.0. The number of piperazine rings is 1. The summed E-state index contributed by atoms with van der Waals surface area (Å²) < 4.78 is 5.14. The fourth-order valence-corrected chi connectivity index (χ4v) is 2.87. The number of carbonyl (C=O) groups is 1. The van der Waals surface area contributed by atoms with Crippen LogP contribution < -0.4 is 5.32 Å². The standard InChI is InChI=1S/C16H25ClN4O2/c1-12-11-21(7-6-20(12)8-9-23-3)13(2)16(22)19-15-5-4-14(17)10-18-15/h4-5,10,12-13H,6-9,11H2,1-3H3,(H,18,19,22)/t12-,13+/m0/s1. The number of amides is 1. The maximum Gasteiger partial charge on any atom is 0.242 e. The molecular weight excluding hydrogens is 316 g/mol. The third-order valence-electron chi connectivity index (χ3n) is 4.28. The van der Waals surface area contributed by atoms with Gasteiger partial charge in [0.25, 0.3) is 0 Å². The SMILES string of the molecule is COCCN1CCN([C@H](C)C(=O)Nc2ccc(Cl)cn2)C[C@@H]1C. The molecule has 128 valence electrons. The molecule has 2 atom stereocenters. The Balaban J connectivity index is 1.86. The Hall–Kier alpha value is -1.21. The van der Waals surface area contributed by atoms with Gasteiger partial charge in [0.1, 0.15) is 5.82 Å². The molecule has 0 bridgehead atoms. The fourth-order valence-electron chi connectivity index (χ4n) is 2.76. The molecular formula is C16H25ClN4O2. The highest BCUT2D eigenvalue weighted by molar-refractivity contribution is 6.30. The number of pyridine rings is 1. The summed E-state index contributed by atoms with van der Waals surface area (Å²) in [5.41, 5.74) is 0. The Morgan fingerprint density at radius 1 is 1.52 bits per heavy atom. The first kappa shape index (κ1) is 18.1. The molecule has 2 heterocycles. The molecule has 0 spiro atoms. The van der Waals surface area contributed by atoms with Gasteiger partial charge in [-0.15, -0.1) is 0 Å². The molecule has 2 rings (SSSR count). The van der Waals surface area contributed by atoms with Gasteiger partial charge in [0, 0.05) is 45.5 Å². The average molecular weight is 341 g/mol. The molecule has 1 amide bonds. The molecule has 0 unspecified atom stereocenters. The minimum Gasteiger partial charge on any atom is -0.383 e. The summed E-state index contributed by atoms with van der Waals surface area (Å²) in [6, 6.07) is 3.63. The van der Waals surface area contributed by atoms with E-state index in [1.54, 1.807) is 19.2 Å². The van der Waals surface area contributed by atoms with Crippen molar-refractivity contribution in [1.29, 1.82) is 0 Å². The van der Waals surface area contributed by atoms with Crippen LogP contribution >= 0.6 is 11.6 Å². The van der Waals surface area contributed by atoms with Crippen molar-refractivity contribution in [1.82, 2.24) is 14.8 Å². The lowest BCUT2D eigenvalue weighted by molar-refractivity contribution is -0.121. The summed E-state index contributed by atoms with van der Waals surface area (Å²) in [5, 5.41) is 3.40. The fraction of sp³-hybridized carbons (Fsp3) is 0.625. The minimum atomic E-state index is -0.195. The van der Waals surface area contributed by atoms with Gasteiger partial charge in [-0.25, -0.2) is 4.98 Å². The number of rotatable bonds is 6. The molecule has 0 aromatic carbocycles. The van der Waals surface area contributed by atoms with Crippen molar-refractivity contribution in [2.45, 2.75) is 25.9 Å². The summed E-state index contributed by atoms with van der Waals surface area (Å²) in [6.07, 6.45) is 1.53. The van der Waals surface area contributed by atoms with Crippen LogP contribution in [0.15, 0.2) is 18.3 Å². The van der Waals surface area contributed by atoms with Gasteiger partial charge >= 0.3 is 0 Å². The van der Waals surface area contributed by atoms with Crippen LogP contribution in [0.1, 0.15) is 13.8 Å². The molecule has 1 saturated heterocycles. The molecule has 0 saturated carbocycles. The van der Waals surface area contributed by atoms with Crippen LogP contribution in [0.4, 0.5) is 5.82 Å². The van der Waals surface area contributed by atoms with Gasteiger partial charge in [0.05, 0.1) is 17.7 Å². The van der Waals surface area contributed by atoms with Crippen molar-refractivity contribution in [3.63, 3.8) is 0 Å². The van der Waals surface area contributed by atoms with Crippen LogP contribution in [0.3, 0.4) is 0 Å². The number of hydrogen-bond acceptors (Lipinski definition) is 5. The molecule has 1 fully saturated rings. The summed E-state index contributed by atoms with van der Waals surface area (Å²) in [5.74, 6) is 0.482. The minimum absolute atomic E-state index is 0.0441. The van der Waals surface area contributed by atoms with Crippen molar-refractivity contribution < 1.29 is 9.53 Å². The quantitative estimate of drug-likeness (QED) is 0.854. The molecule has 1 aromatic rings. The number of anilines is 1. The lowest BCUT2D eigenvalue weighted by atomic mass is 10.1. The Bertz CT molecular complexity index is 511. The number of halogens is 1. The van der Waals surface area contributed by atoms with Gasteiger partial charge < -0.3 is 10.1 Å². The first-order chi connectivity index (χ1) is 11.0. The highest BCUT2D eigenvalue weighted by Crippen LogP contribution is 2.14. The maximum atomic E-state index is 12.4. The second-order valence-corrected chi connectivity index (χ2v) is 6.34. The number of nitrogens with one attached hydrogen (secondary N) is 1. The van der Waals surface area contributed by atoms with E-state index in [9.17, 15) is 4.79 Å². The monoisotopic (exact) mass is 340 g/mol. The van der Waals surface area contributed by atoms with Gasteiger partial charge in [0.2, 0.25) is 5.91 Å². The van der Waals surface area contributed by atoms with E-state index in [0.717, 1.165) is 32.8 Å². The third kappa shape index (κ3) is 5.14. The van der Waals surface area contributed by atoms with E-state index in [4.69, 9.17) is 16.3 Å². The van der Waals surface area contributed by atoms with Crippen molar-refractivity contribution in [3.05, 3.63) is 23.4 Å². The first-order valence-corrected chi connectivity index (χ1v) is 8.28. The van der Waals surface area contributed by atoms with Crippen molar-refractivity contribution in [3.8, 4) is 0 Å². The zero-order chi connectivity index (χ0) is 16.8. The van der Waals surface area contributed by atoms with E-state index >= 15 is 0 Å². The largest absolute Gasteiger partial charge is 0.383 e. The van der Waals surface area contributed by atoms with Gasteiger partial charge in [-0.3, -0.25) is 14.6 Å². The molecule has 6 nitrogen and oxygen atoms in total. The van der Waals surface area contributed by atoms with Gasteiger partial charge in [-0.2, -0.15) is 0 Å². The molecule has 0 radical (unpaired) electrons. The van der Waals surface area contributed by atoms with Crippen LogP contribution in [-0.2, 0) is 9.53 Å². The van der Waals surface area contributed by atoms with Crippen molar-refractivity contribution in [2.24, 2.45) is 0 Å². The molecule has 1 aromatic heterocycles. The lowest BCUT2D eigenvalue weighted by Crippen LogP contribution is -2.57. The second-order valence-electron chi connectivity index (χ2n) is 5.90. The molecule has 23 heavy (non-hydrogen) atoms. The highest BCUT2D eigenvalue weighted by atomic mass is 35.5. The number of nitrogens with zero attached hydrogens (tertiary/aromatic N) is 3. The lowest BCUT2D eigenvalue weighted by Gasteiger charge is -2.41. The van der Waals surface area contributed by atoms with Crippen LogP contribution in [0, 0.1) is 0 Å². The van der Waals surface area contributed by atoms with Crippen molar-refractivity contribution >= 4 is 23.3 Å². The molecule has 1 N–H and O–H groups in total. The number of methoxy groups -OCH3 is 1. The summed E-state index contributed by atoms with van der Waals surface area (Å²) >= 11 is 5.80. The second kappa shape index (κ2) is 8.59. The van der Waals surface area contributed by atoms with Crippen LogP contribution in [0.5, 0.6) is 0 Å². The van der Waals surface area contributed by atoms with Crippen molar-refractivity contribution in [2.75, 3.05) is 45.2 Å². The summed E-state index contributed by atoms with van der Waals surface area (Å²) in [7, 11) is 1.72. The van der Waals surface area contributed by atoms with E-state index in [0.29, 0.717) is 16.9 Å². The summed E-state index contributed by atoms with van der Waals surface area (Å²) in [6.45, 7) is 8.48. The summed E-state index contributed by atoms with van der Waals surface area (Å²) in [4.78, 5) is 21.1. The molecule has 1 aliphatic heterocycles. The Morgan fingerprint density at radius 2 is 2.30 bits per heavy atom. The molecule has 7 heteroatoms. The van der Waals surface area contributed by atoms with E-state index in [1.807, 2.05) is 6.92 Å². The highest BCUT2D eigenvalue weighted by Gasteiger charge is 2.29. The van der Waals surface area contributed by atoms with Crippen LogP contribution in [0.2, 0.25) is 5.02 Å². The average Bonchev–Trinajstić information content (AvgIpc) is 2.55. The van der Waals surface area contributed by atoms with E-state index in [1.165, 1.54) is 6.20 Å². The Kier molecular flexibility index (Phi) is 6.77. The predicted octanol–water partition coefficient (Wildman–Crippen LogP) is 1.71. The van der Waals surface area contributed by atoms with Crippen LogP contribution in [-0.4, -0.2) is 72.7 Å². The van der Waals surface area contributed by atoms with E-state index in [2.05, 4.69) is 27.0 Å². The van der Waals surface area contributed by atoms with E-state index < -0.39 is 0 Å². The van der Waals surface area contributed by atoms with Gasteiger partial charge in [-0.1, -0.05) is 11.6 Å². The molecule has 1 aliphatic rings. The van der Waals surface area contributed by atoms with E-state index in [-0.39, 0.29) is 11.9 Å². The number of aromatic nitrogens is 1. The normalized spacial score (nSPS) is 21.1. The number of ether oxygens (including phenoxy) is 1. The number of hydrogen-bond donors (Lipinski definition) is 1. The van der Waals surface area contributed by atoms with Gasteiger partial charge in [0.15, 0.2) is 0 Å². The Morgan fingerprint density at radius 3 is 2.91 bits per heavy atom. The van der Waals surface area contributed by atoms with Gasteiger partial charge in [-0.05, 0) is 26.0 Å². The molecule has 0 aliphatic carbocycles. The smallest absolute Gasteiger partial charge is 0.242 e. The first-order valence-electron chi connectivity index (χ1n) is 7.90. The van der Waals surface area contributed by atoms with Crippen LogP contribution in [0.25, 0.3) is 0 Å². The Labute approximate surface area is 142 Å². The number of carbonyl (C=O) groups excluding carboxylic acids is 1. The predicted molar refractivity (Wildman–Crippen MR) is 91.8 cm³/mol. The topological polar surface area (TPSA) is 57.7 Å².